The van der Waals surface area contributed by atoms with Crippen molar-refractivity contribution in [3.63, 3.8) is 0 Å². The average Bonchev–Trinajstić information content (AvgIpc) is 2.84. The number of hydrogen-bond acceptors (Lipinski definition) is 2. The molecule has 0 saturated carbocycles. The van der Waals surface area contributed by atoms with E-state index >= 15 is 0 Å². The van der Waals surface area contributed by atoms with E-state index in [0.717, 1.165) is 29.7 Å². The molecule has 0 saturated heterocycles. The highest BCUT2D eigenvalue weighted by Gasteiger charge is 2.36. The third-order valence-corrected chi connectivity index (χ3v) is 4.20. The standard InChI is InChI=1S/C20H23NO2/c1-15(2)12-13-21-19(22)17-10-6-7-11-18(17)20(21)23-14-16-8-4-3-5-9-16/h3-11,15,20H,12-14H2,1-2H3/t20-/m1/s1. The van der Waals surface area contributed by atoms with Crippen molar-refractivity contribution >= 4 is 5.91 Å². The van der Waals surface area contributed by atoms with Crippen LogP contribution >= 0.6 is 0 Å². The Bertz CT molecular complexity index is 666. The first-order chi connectivity index (χ1) is 11.2. The lowest BCUT2D eigenvalue weighted by Crippen LogP contribution is -2.31. The Balaban J connectivity index is 1.79. The van der Waals surface area contributed by atoms with Gasteiger partial charge in [-0.3, -0.25) is 4.79 Å². The van der Waals surface area contributed by atoms with E-state index in [9.17, 15) is 4.79 Å². The molecule has 1 amide bonds. The normalized spacial score (nSPS) is 16.9. The van der Waals surface area contributed by atoms with Gasteiger partial charge >= 0.3 is 0 Å². The number of carbonyl (C=O) groups excluding carboxylic acids is 1. The van der Waals surface area contributed by atoms with Gasteiger partial charge in [-0.25, -0.2) is 0 Å². The molecule has 1 heterocycles. The monoisotopic (exact) mass is 309 g/mol. The molecule has 1 aliphatic rings. The molecule has 3 nitrogen and oxygen atoms in total. The Morgan fingerprint density at radius 2 is 1.74 bits per heavy atom. The Hall–Kier alpha value is -2.13. The van der Waals surface area contributed by atoms with E-state index in [1.165, 1.54) is 0 Å². The Kier molecular flexibility index (Phi) is 4.77. The molecule has 0 N–H and O–H groups in total. The zero-order valence-corrected chi connectivity index (χ0v) is 13.7. The molecule has 120 valence electrons. The molecule has 0 spiro atoms. The molecule has 1 aliphatic heterocycles. The smallest absolute Gasteiger partial charge is 0.256 e. The van der Waals surface area contributed by atoms with Crippen LogP contribution in [0.25, 0.3) is 0 Å². The zero-order chi connectivity index (χ0) is 16.2. The van der Waals surface area contributed by atoms with Crippen molar-refractivity contribution in [3.8, 4) is 0 Å². The molecule has 3 heteroatoms. The summed E-state index contributed by atoms with van der Waals surface area (Å²) in [7, 11) is 0. The van der Waals surface area contributed by atoms with E-state index < -0.39 is 0 Å². The molecular weight excluding hydrogens is 286 g/mol. The van der Waals surface area contributed by atoms with Crippen molar-refractivity contribution in [2.75, 3.05) is 6.54 Å². The predicted octanol–water partition coefficient (Wildman–Crippen LogP) is 4.40. The van der Waals surface area contributed by atoms with Crippen molar-refractivity contribution < 1.29 is 9.53 Å². The quantitative estimate of drug-likeness (QED) is 0.791. The molecular formula is C20H23NO2. The van der Waals surface area contributed by atoms with Crippen LogP contribution in [-0.2, 0) is 11.3 Å². The molecule has 1 atom stereocenters. The highest BCUT2D eigenvalue weighted by atomic mass is 16.5. The molecule has 0 radical (unpaired) electrons. The van der Waals surface area contributed by atoms with Crippen molar-refractivity contribution in [2.24, 2.45) is 5.92 Å². The molecule has 2 aromatic rings. The van der Waals surface area contributed by atoms with Gasteiger partial charge in [0, 0.05) is 17.7 Å². The summed E-state index contributed by atoms with van der Waals surface area (Å²) < 4.78 is 6.14. The lowest BCUT2D eigenvalue weighted by molar-refractivity contribution is -0.0496. The van der Waals surface area contributed by atoms with E-state index in [4.69, 9.17) is 4.74 Å². The van der Waals surface area contributed by atoms with Gasteiger partial charge in [-0.05, 0) is 24.0 Å². The first-order valence-corrected chi connectivity index (χ1v) is 8.22. The van der Waals surface area contributed by atoms with Crippen LogP contribution in [0.15, 0.2) is 54.6 Å². The van der Waals surface area contributed by atoms with Crippen LogP contribution in [0.5, 0.6) is 0 Å². The van der Waals surface area contributed by atoms with Crippen molar-refractivity contribution in [1.29, 1.82) is 0 Å². The van der Waals surface area contributed by atoms with Gasteiger partial charge in [-0.2, -0.15) is 0 Å². The molecule has 3 rings (SSSR count). The van der Waals surface area contributed by atoms with E-state index in [0.29, 0.717) is 12.5 Å². The summed E-state index contributed by atoms with van der Waals surface area (Å²) in [4.78, 5) is 14.5. The van der Waals surface area contributed by atoms with Crippen molar-refractivity contribution in [2.45, 2.75) is 33.1 Å². The number of ether oxygens (including phenoxy) is 1. The third kappa shape index (κ3) is 3.45. The van der Waals surface area contributed by atoms with E-state index in [1.54, 1.807) is 0 Å². The van der Waals surface area contributed by atoms with Crippen molar-refractivity contribution in [3.05, 3.63) is 71.3 Å². The van der Waals surface area contributed by atoms with Gasteiger partial charge in [0.05, 0.1) is 6.61 Å². The Morgan fingerprint density at radius 1 is 1.04 bits per heavy atom. The fourth-order valence-electron chi connectivity index (χ4n) is 2.88. The first kappa shape index (κ1) is 15.8. The lowest BCUT2D eigenvalue weighted by atomic mass is 10.1. The van der Waals surface area contributed by atoms with E-state index in [1.807, 2.05) is 59.5 Å². The number of benzene rings is 2. The Morgan fingerprint density at radius 3 is 2.48 bits per heavy atom. The summed E-state index contributed by atoms with van der Waals surface area (Å²) in [6.07, 6.45) is 0.697. The molecule has 0 fully saturated rings. The van der Waals surface area contributed by atoms with E-state index in [2.05, 4.69) is 13.8 Å². The minimum Gasteiger partial charge on any atom is -0.349 e. The highest BCUT2D eigenvalue weighted by molar-refractivity contribution is 5.98. The van der Waals surface area contributed by atoms with Crippen LogP contribution in [0, 0.1) is 5.92 Å². The molecule has 0 bridgehead atoms. The van der Waals surface area contributed by atoms with E-state index in [-0.39, 0.29) is 12.1 Å². The fraction of sp³-hybridized carbons (Fsp3) is 0.350. The van der Waals surface area contributed by atoms with Crippen LogP contribution in [0.2, 0.25) is 0 Å². The second-order valence-electron chi connectivity index (χ2n) is 6.42. The second kappa shape index (κ2) is 6.97. The minimum atomic E-state index is -0.280. The van der Waals surface area contributed by atoms with Gasteiger partial charge in [0.2, 0.25) is 0 Å². The van der Waals surface area contributed by atoms with Gasteiger partial charge in [0.25, 0.3) is 5.91 Å². The van der Waals surface area contributed by atoms with Crippen LogP contribution in [0.4, 0.5) is 0 Å². The molecule has 23 heavy (non-hydrogen) atoms. The fourth-order valence-corrected chi connectivity index (χ4v) is 2.88. The molecule has 0 aromatic heterocycles. The number of fused-ring (bicyclic) bond motifs is 1. The number of rotatable bonds is 6. The number of hydrogen-bond donors (Lipinski definition) is 0. The topological polar surface area (TPSA) is 29.5 Å². The molecule has 2 aromatic carbocycles. The van der Waals surface area contributed by atoms with Crippen LogP contribution in [-0.4, -0.2) is 17.4 Å². The second-order valence-corrected chi connectivity index (χ2v) is 6.42. The zero-order valence-electron chi connectivity index (χ0n) is 13.7. The molecule has 0 unspecified atom stereocenters. The maximum atomic E-state index is 12.7. The summed E-state index contributed by atoms with van der Waals surface area (Å²) in [5, 5.41) is 0. The summed E-state index contributed by atoms with van der Waals surface area (Å²) >= 11 is 0. The summed E-state index contributed by atoms with van der Waals surface area (Å²) in [6.45, 7) is 5.58. The maximum absolute atomic E-state index is 12.7. The number of nitrogens with zero attached hydrogens (tertiary/aromatic N) is 1. The third-order valence-electron chi connectivity index (χ3n) is 4.20. The lowest BCUT2D eigenvalue weighted by Gasteiger charge is -2.26. The predicted molar refractivity (Wildman–Crippen MR) is 90.9 cm³/mol. The Labute approximate surface area is 137 Å². The minimum absolute atomic E-state index is 0.0827. The summed E-state index contributed by atoms with van der Waals surface area (Å²) in [5.41, 5.74) is 2.87. The summed E-state index contributed by atoms with van der Waals surface area (Å²) in [6, 6.07) is 17.9. The van der Waals surface area contributed by atoms with Crippen LogP contribution in [0.1, 0.15) is 48.0 Å². The van der Waals surface area contributed by atoms with Gasteiger partial charge in [-0.1, -0.05) is 62.4 Å². The van der Waals surface area contributed by atoms with Gasteiger partial charge in [0.1, 0.15) is 0 Å². The van der Waals surface area contributed by atoms with Gasteiger partial charge in [0.15, 0.2) is 6.23 Å². The first-order valence-electron chi connectivity index (χ1n) is 8.22. The largest absolute Gasteiger partial charge is 0.349 e. The van der Waals surface area contributed by atoms with Gasteiger partial charge < -0.3 is 9.64 Å². The number of carbonyl (C=O) groups is 1. The SMILES string of the molecule is CC(C)CCN1C(=O)c2ccccc2[C@H]1OCc1ccccc1. The van der Waals surface area contributed by atoms with Gasteiger partial charge in [-0.15, -0.1) is 0 Å². The highest BCUT2D eigenvalue weighted by Crippen LogP contribution is 2.35. The van der Waals surface area contributed by atoms with Crippen molar-refractivity contribution in [1.82, 2.24) is 4.90 Å². The maximum Gasteiger partial charge on any atom is 0.256 e. The van der Waals surface area contributed by atoms with Crippen LogP contribution in [0.3, 0.4) is 0 Å². The number of amides is 1. The summed E-state index contributed by atoms with van der Waals surface area (Å²) in [5.74, 6) is 0.639. The molecule has 0 aliphatic carbocycles. The average molecular weight is 309 g/mol. The van der Waals surface area contributed by atoms with Crippen LogP contribution < -0.4 is 0 Å².